The van der Waals surface area contributed by atoms with E-state index in [1.807, 2.05) is 48.5 Å². The Hall–Kier alpha value is -4.99. The van der Waals surface area contributed by atoms with Crippen LogP contribution in [0.15, 0.2) is 78.8 Å². The molecule has 0 saturated heterocycles. The zero-order valence-corrected chi connectivity index (χ0v) is 20.5. The van der Waals surface area contributed by atoms with E-state index in [-0.39, 0.29) is 6.61 Å². The van der Waals surface area contributed by atoms with Crippen LogP contribution in [0.1, 0.15) is 30.4 Å². The number of hydrogen-bond donors (Lipinski definition) is 0. The van der Waals surface area contributed by atoms with Gasteiger partial charge in [-0.05, 0) is 85.1 Å². The van der Waals surface area contributed by atoms with Gasteiger partial charge in [0.2, 0.25) is 0 Å². The van der Waals surface area contributed by atoms with Gasteiger partial charge in [0.1, 0.15) is 5.75 Å². The van der Waals surface area contributed by atoms with Crippen molar-refractivity contribution in [2.75, 3.05) is 19.8 Å². The molecule has 0 aliphatic carbocycles. The maximum Gasteiger partial charge on any atom is 0.330 e. The predicted octanol–water partition coefficient (Wildman–Crippen LogP) is 4.80. The molecule has 0 spiro atoms. The van der Waals surface area contributed by atoms with Crippen LogP contribution < -0.4 is 4.74 Å². The second kappa shape index (κ2) is 17.4. The third-order valence-corrected chi connectivity index (χ3v) is 4.42. The maximum atomic E-state index is 10.9. The number of carbonyl (C=O) groups is 2. The summed E-state index contributed by atoms with van der Waals surface area (Å²) in [6.07, 6.45) is 6.07. The van der Waals surface area contributed by atoms with E-state index in [9.17, 15) is 9.59 Å². The molecule has 0 fully saturated rings. The van der Waals surface area contributed by atoms with Gasteiger partial charge in [-0.2, -0.15) is 0 Å². The van der Waals surface area contributed by atoms with Crippen molar-refractivity contribution in [3.05, 3.63) is 85.0 Å². The number of ether oxygens (including phenoxy) is 3. The van der Waals surface area contributed by atoms with E-state index in [0.29, 0.717) is 38.2 Å². The van der Waals surface area contributed by atoms with E-state index in [1.54, 1.807) is 6.21 Å². The number of rotatable bonds is 12. The number of hydrogen-bond acceptors (Lipinski definition) is 6. The second-order valence-electron chi connectivity index (χ2n) is 7.22. The van der Waals surface area contributed by atoms with Crippen molar-refractivity contribution in [3.63, 3.8) is 0 Å². The smallest absolute Gasteiger partial charge is 0.330 e. The third kappa shape index (κ3) is 12.9. The topological polar surface area (TPSA) is 74.2 Å². The van der Waals surface area contributed by atoms with Crippen LogP contribution in [0.4, 0.5) is 5.69 Å². The van der Waals surface area contributed by atoms with Gasteiger partial charge in [-0.3, -0.25) is 4.99 Å². The summed E-state index contributed by atoms with van der Waals surface area (Å²) in [5.41, 5.74) is 2.45. The molecule has 0 N–H and O–H groups in total. The van der Waals surface area contributed by atoms with Crippen molar-refractivity contribution in [2.24, 2.45) is 4.99 Å². The summed E-state index contributed by atoms with van der Waals surface area (Å²) in [7, 11) is 0. The second-order valence-corrected chi connectivity index (χ2v) is 7.22. The zero-order valence-electron chi connectivity index (χ0n) is 20.5. The molecule has 0 saturated carbocycles. The molecule has 0 aliphatic rings. The largest absolute Gasteiger partial charge is 0.493 e. The van der Waals surface area contributed by atoms with Gasteiger partial charge in [-0.25, -0.2) is 9.59 Å². The third-order valence-electron chi connectivity index (χ3n) is 4.42. The molecule has 0 bridgehead atoms. The van der Waals surface area contributed by atoms with E-state index in [2.05, 4.69) is 53.7 Å². The molecule has 0 heterocycles. The average Bonchev–Trinajstić information content (AvgIpc) is 2.93. The molecule has 37 heavy (non-hydrogen) atoms. The first-order chi connectivity index (χ1) is 18.1. The van der Waals surface area contributed by atoms with E-state index in [4.69, 9.17) is 14.2 Å². The van der Waals surface area contributed by atoms with Crippen LogP contribution in [0.25, 0.3) is 0 Å². The highest BCUT2D eigenvalue weighted by Crippen LogP contribution is 2.13. The lowest BCUT2D eigenvalue weighted by Crippen LogP contribution is -2.06. The highest BCUT2D eigenvalue weighted by molar-refractivity contribution is 5.81. The van der Waals surface area contributed by atoms with E-state index in [0.717, 1.165) is 29.0 Å². The van der Waals surface area contributed by atoms with Crippen LogP contribution in [0.3, 0.4) is 0 Å². The first-order valence-corrected chi connectivity index (χ1v) is 11.6. The Morgan fingerprint density at radius 1 is 0.730 bits per heavy atom. The number of unbranched alkanes of at least 4 members (excludes halogenated alkanes) is 1. The van der Waals surface area contributed by atoms with Crippen molar-refractivity contribution in [3.8, 4) is 41.3 Å². The molecule has 2 rings (SSSR count). The Balaban J connectivity index is 1.72. The molecule has 2 aromatic rings. The molecular formula is C31H27NO5. The van der Waals surface area contributed by atoms with Gasteiger partial charge in [-0.15, -0.1) is 0 Å². The van der Waals surface area contributed by atoms with Gasteiger partial charge in [-0.1, -0.05) is 25.0 Å². The van der Waals surface area contributed by atoms with Crippen molar-refractivity contribution in [2.45, 2.75) is 19.3 Å². The van der Waals surface area contributed by atoms with Gasteiger partial charge in [0.05, 0.1) is 25.5 Å². The standard InChI is InChI=1S/C31H27NO5/c1-3-30(33)36-23-10-9-22-32-28-18-14-26(15-19-28)12-7-5-6-8-13-27-16-20-29(21-17-27)35-24-11-25-37-31(34)4-2/h3-4,14-22H,1-2,9-11,23-25H2. The van der Waals surface area contributed by atoms with Crippen LogP contribution in [-0.4, -0.2) is 38.0 Å². The lowest BCUT2D eigenvalue weighted by atomic mass is 10.2. The molecule has 0 unspecified atom stereocenters. The van der Waals surface area contributed by atoms with Crippen molar-refractivity contribution in [1.29, 1.82) is 0 Å². The fraction of sp³-hybridized carbons (Fsp3) is 0.194. The molecular weight excluding hydrogens is 466 g/mol. The highest BCUT2D eigenvalue weighted by atomic mass is 16.5. The molecule has 6 nitrogen and oxygen atoms in total. The molecule has 186 valence electrons. The van der Waals surface area contributed by atoms with Gasteiger partial charge >= 0.3 is 11.9 Å². The molecule has 0 radical (unpaired) electrons. The van der Waals surface area contributed by atoms with Crippen LogP contribution >= 0.6 is 0 Å². The number of carbonyl (C=O) groups excluding carboxylic acids is 2. The minimum absolute atomic E-state index is 0.287. The SMILES string of the molecule is C=CC(=O)OCCCC=Nc1ccc(C#CC#CC#Cc2ccc(OCCCOC(=O)C=C)cc2)cc1. The highest BCUT2D eigenvalue weighted by Gasteiger charge is 1.97. The fourth-order valence-electron chi connectivity index (χ4n) is 2.59. The molecule has 2 aromatic carbocycles. The van der Waals surface area contributed by atoms with E-state index < -0.39 is 11.9 Å². The van der Waals surface area contributed by atoms with Crippen LogP contribution in [0.5, 0.6) is 5.75 Å². The summed E-state index contributed by atoms with van der Waals surface area (Å²) in [6.45, 7) is 7.75. The number of benzene rings is 2. The van der Waals surface area contributed by atoms with Gasteiger partial charge in [0.25, 0.3) is 0 Å². The minimum atomic E-state index is -0.438. The monoisotopic (exact) mass is 493 g/mol. The Labute approximate surface area is 218 Å². The Morgan fingerprint density at radius 2 is 1.27 bits per heavy atom. The average molecular weight is 494 g/mol. The summed E-state index contributed by atoms with van der Waals surface area (Å²) in [6, 6.07) is 14.8. The van der Waals surface area contributed by atoms with Gasteiger partial charge in [0.15, 0.2) is 0 Å². The van der Waals surface area contributed by atoms with Crippen molar-refractivity contribution < 1.29 is 23.8 Å². The predicted molar refractivity (Wildman–Crippen MR) is 144 cm³/mol. The van der Waals surface area contributed by atoms with Gasteiger partial charge < -0.3 is 14.2 Å². The number of esters is 2. The zero-order chi connectivity index (χ0) is 26.6. The Bertz CT molecular complexity index is 1270. The van der Waals surface area contributed by atoms with Crippen molar-refractivity contribution in [1.82, 2.24) is 0 Å². The summed E-state index contributed by atoms with van der Waals surface area (Å²) in [5.74, 6) is 16.8. The Kier molecular flexibility index (Phi) is 13.3. The van der Waals surface area contributed by atoms with E-state index >= 15 is 0 Å². The fourth-order valence-corrected chi connectivity index (χ4v) is 2.59. The summed E-state index contributed by atoms with van der Waals surface area (Å²) < 4.78 is 15.4. The normalized spacial score (nSPS) is 9.41. The summed E-state index contributed by atoms with van der Waals surface area (Å²) >= 11 is 0. The lowest BCUT2D eigenvalue weighted by Gasteiger charge is -2.06. The number of aliphatic imine (C=N–C) groups is 1. The molecule has 0 amide bonds. The van der Waals surface area contributed by atoms with E-state index in [1.165, 1.54) is 0 Å². The Morgan fingerprint density at radius 3 is 1.84 bits per heavy atom. The molecule has 0 aromatic heterocycles. The number of nitrogens with zero attached hydrogens (tertiary/aromatic N) is 1. The van der Waals surface area contributed by atoms with Crippen LogP contribution in [0, 0.1) is 35.5 Å². The minimum Gasteiger partial charge on any atom is -0.493 e. The van der Waals surface area contributed by atoms with Crippen molar-refractivity contribution >= 4 is 23.8 Å². The molecule has 6 heteroatoms. The first kappa shape index (κ1) is 28.2. The summed E-state index contributed by atoms with van der Waals surface area (Å²) in [4.78, 5) is 26.3. The summed E-state index contributed by atoms with van der Waals surface area (Å²) in [5, 5.41) is 0. The van der Waals surface area contributed by atoms with Gasteiger partial charge in [0, 0.05) is 35.9 Å². The maximum absolute atomic E-state index is 10.9. The van der Waals surface area contributed by atoms with Crippen LogP contribution in [0.2, 0.25) is 0 Å². The molecule has 0 aliphatic heterocycles. The quantitative estimate of drug-likeness (QED) is 0.140. The first-order valence-electron chi connectivity index (χ1n) is 11.6. The van der Waals surface area contributed by atoms with Crippen LogP contribution in [-0.2, 0) is 19.1 Å². The molecule has 0 atom stereocenters. The lowest BCUT2D eigenvalue weighted by molar-refractivity contribution is -0.138.